The summed E-state index contributed by atoms with van der Waals surface area (Å²) in [6.45, 7) is 6.21. The van der Waals surface area contributed by atoms with Crippen LogP contribution in [0.5, 0.6) is 11.5 Å². The van der Waals surface area contributed by atoms with Gasteiger partial charge in [0.15, 0.2) is 6.61 Å². The molecule has 0 fully saturated rings. The molecule has 8 heteroatoms. The molecule has 0 saturated heterocycles. The van der Waals surface area contributed by atoms with Crippen LogP contribution in [-0.4, -0.2) is 43.0 Å². The molecule has 0 aromatic heterocycles. The fourth-order valence-corrected chi connectivity index (χ4v) is 3.09. The molecular formula is C23H28Cl2N2O4. The average molecular weight is 467 g/mol. The van der Waals surface area contributed by atoms with Gasteiger partial charge >= 0.3 is 0 Å². The van der Waals surface area contributed by atoms with Crippen molar-refractivity contribution < 1.29 is 19.1 Å². The highest BCUT2D eigenvalue weighted by atomic mass is 35.5. The Hall–Kier alpha value is -2.44. The number of hydrogen-bond donors (Lipinski definition) is 1. The predicted octanol–water partition coefficient (Wildman–Crippen LogP) is 4.57. The summed E-state index contributed by atoms with van der Waals surface area (Å²) in [6.07, 6.45) is 0. The molecule has 2 amide bonds. The molecule has 0 spiro atoms. The number of methoxy groups -OCH3 is 1. The topological polar surface area (TPSA) is 67.9 Å². The molecule has 0 aliphatic carbocycles. The maximum Gasteiger partial charge on any atom is 0.261 e. The lowest BCUT2D eigenvalue weighted by atomic mass is 10.1. The van der Waals surface area contributed by atoms with E-state index in [1.807, 2.05) is 13.8 Å². The summed E-state index contributed by atoms with van der Waals surface area (Å²) in [6, 6.07) is 11.4. The van der Waals surface area contributed by atoms with Crippen molar-refractivity contribution in [1.29, 1.82) is 0 Å². The summed E-state index contributed by atoms with van der Waals surface area (Å²) in [5.41, 5.74) is 0.760. The van der Waals surface area contributed by atoms with Gasteiger partial charge in [0.05, 0.1) is 17.2 Å². The van der Waals surface area contributed by atoms with E-state index in [0.717, 1.165) is 5.56 Å². The van der Waals surface area contributed by atoms with Gasteiger partial charge in [-0.15, -0.1) is 0 Å². The molecule has 0 radical (unpaired) electrons. The largest absolute Gasteiger partial charge is 0.497 e. The molecule has 0 heterocycles. The van der Waals surface area contributed by atoms with Gasteiger partial charge in [-0.1, -0.05) is 43.1 Å². The first-order valence-electron chi connectivity index (χ1n) is 9.99. The number of carbonyl (C=O) groups excluding carboxylic acids is 2. The monoisotopic (exact) mass is 466 g/mol. The van der Waals surface area contributed by atoms with Crippen molar-refractivity contribution in [1.82, 2.24) is 10.2 Å². The van der Waals surface area contributed by atoms with E-state index in [0.29, 0.717) is 34.0 Å². The molecular weight excluding hydrogens is 439 g/mol. The Labute approximate surface area is 193 Å². The molecule has 1 N–H and O–H groups in total. The third-order valence-electron chi connectivity index (χ3n) is 4.61. The number of nitrogens with one attached hydrogen (secondary N) is 1. The summed E-state index contributed by atoms with van der Waals surface area (Å²) in [4.78, 5) is 27.1. The number of amides is 2. The number of benzene rings is 2. The van der Waals surface area contributed by atoms with E-state index >= 15 is 0 Å². The van der Waals surface area contributed by atoms with E-state index in [4.69, 9.17) is 32.7 Å². The Kier molecular flexibility index (Phi) is 9.46. The lowest BCUT2D eigenvalue weighted by Gasteiger charge is -2.29. The second kappa shape index (κ2) is 11.8. The smallest absolute Gasteiger partial charge is 0.261 e. The number of ether oxygens (including phenoxy) is 2. The van der Waals surface area contributed by atoms with Crippen LogP contribution in [0.4, 0.5) is 0 Å². The van der Waals surface area contributed by atoms with Crippen molar-refractivity contribution in [3.8, 4) is 11.5 Å². The molecule has 2 aromatic rings. The molecule has 0 aliphatic heterocycles. The van der Waals surface area contributed by atoms with Crippen molar-refractivity contribution in [2.75, 3.05) is 20.3 Å². The van der Waals surface area contributed by atoms with E-state index in [-0.39, 0.29) is 25.0 Å². The van der Waals surface area contributed by atoms with E-state index in [2.05, 4.69) is 5.32 Å². The standard InChI is InChI=1S/C23H28Cl2N2O4/c1-15(2)12-26-23(29)16(3)27(13-17-5-10-20(24)21(25)11-17)22(28)14-31-19-8-6-18(30-4)7-9-19/h5-11,15-16H,12-14H2,1-4H3,(H,26,29)/t16-/m1/s1. The first-order chi connectivity index (χ1) is 14.7. The van der Waals surface area contributed by atoms with Crippen LogP contribution in [0, 0.1) is 5.92 Å². The second-order valence-electron chi connectivity index (χ2n) is 7.55. The van der Waals surface area contributed by atoms with Gasteiger partial charge in [-0.2, -0.15) is 0 Å². The molecule has 2 aromatic carbocycles. The van der Waals surface area contributed by atoms with Crippen LogP contribution in [0.2, 0.25) is 10.0 Å². The second-order valence-corrected chi connectivity index (χ2v) is 8.36. The van der Waals surface area contributed by atoms with Crippen LogP contribution in [0.3, 0.4) is 0 Å². The Morgan fingerprint density at radius 2 is 1.65 bits per heavy atom. The minimum absolute atomic E-state index is 0.192. The molecule has 6 nitrogen and oxygen atoms in total. The van der Waals surface area contributed by atoms with Gasteiger partial charge in [0.2, 0.25) is 5.91 Å². The summed E-state index contributed by atoms with van der Waals surface area (Å²) < 4.78 is 10.8. The van der Waals surface area contributed by atoms with Gasteiger partial charge in [-0.05, 0) is 54.8 Å². The maximum atomic E-state index is 13.0. The van der Waals surface area contributed by atoms with Crippen LogP contribution in [0.1, 0.15) is 26.3 Å². The Morgan fingerprint density at radius 3 is 2.23 bits per heavy atom. The van der Waals surface area contributed by atoms with Gasteiger partial charge in [-0.25, -0.2) is 0 Å². The van der Waals surface area contributed by atoms with Crippen LogP contribution in [-0.2, 0) is 16.1 Å². The Balaban J connectivity index is 2.14. The van der Waals surface area contributed by atoms with E-state index in [1.54, 1.807) is 56.5 Å². The van der Waals surface area contributed by atoms with Gasteiger partial charge < -0.3 is 19.7 Å². The zero-order valence-corrected chi connectivity index (χ0v) is 19.7. The first kappa shape index (κ1) is 24.8. The summed E-state index contributed by atoms with van der Waals surface area (Å²) in [7, 11) is 1.58. The van der Waals surface area contributed by atoms with Gasteiger partial charge in [0.25, 0.3) is 5.91 Å². The van der Waals surface area contributed by atoms with Crippen LogP contribution >= 0.6 is 23.2 Å². The fraction of sp³-hybridized carbons (Fsp3) is 0.391. The first-order valence-corrected chi connectivity index (χ1v) is 10.7. The third-order valence-corrected chi connectivity index (χ3v) is 5.35. The molecule has 0 unspecified atom stereocenters. The highest BCUT2D eigenvalue weighted by Gasteiger charge is 2.26. The molecule has 1 atom stereocenters. The predicted molar refractivity (Wildman–Crippen MR) is 123 cm³/mol. The molecule has 0 bridgehead atoms. The fourth-order valence-electron chi connectivity index (χ4n) is 2.77. The summed E-state index contributed by atoms with van der Waals surface area (Å²) in [5.74, 6) is 0.963. The van der Waals surface area contributed by atoms with Crippen molar-refractivity contribution in [3.63, 3.8) is 0 Å². The number of hydrogen-bond acceptors (Lipinski definition) is 4. The Bertz CT molecular complexity index is 888. The maximum absolute atomic E-state index is 13.0. The molecule has 168 valence electrons. The van der Waals surface area contributed by atoms with Gasteiger partial charge in [0, 0.05) is 13.1 Å². The van der Waals surface area contributed by atoms with Crippen LogP contribution in [0.15, 0.2) is 42.5 Å². The number of nitrogens with zero attached hydrogens (tertiary/aromatic N) is 1. The summed E-state index contributed by atoms with van der Waals surface area (Å²) in [5, 5.41) is 3.69. The number of carbonyl (C=O) groups is 2. The number of halogens is 2. The van der Waals surface area contributed by atoms with Crippen molar-refractivity contribution >= 4 is 35.0 Å². The third kappa shape index (κ3) is 7.64. The minimum Gasteiger partial charge on any atom is -0.497 e. The van der Waals surface area contributed by atoms with Crippen molar-refractivity contribution in [2.45, 2.75) is 33.4 Å². The van der Waals surface area contributed by atoms with E-state index < -0.39 is 6.04 Å². The Morgan fingerprint density at radius 1 is 1.00 bits per heavy atom. The van der Waals surface area contributed by atoms with Crippen LogP contribution in [0.25, 0.3) is 0 Å². The lowest BCUT2D eigenvalue weighted by Crippen LogP contribution is -2.49. The molecule has 0 aliphatic rings. The van der Waals surface area contributed by atoms with Gasteiger partial charge in [-0.3, -0.25) is 9.59 Å². The summed E-state index contributed by atoms with van der Waals surface area (Å²) >= 11 is 12.1. The average Bonchev–Trinajstić information content (AvgIpc) is 2.76. The minimum atomic E-state index is -0.694. The van der Waals surface area contributed by atoms with E-state index in [9.17, 15) is 9.59 Å². The number of rotatable bonds is 10. The quantitative estimate of drug-likeness (QED) is 0.556. The SMILES string of the molecule is COc1ccc(OCC(=O)N(Cc2ccc(Cl)c(Cl)c2)[C@H](C)C(=O)NCC(C)C)cc1. The van der Waals surface area contributed by atoms with Crippen molar-refractivity contribution in [2.24, 2.45) is 5.92 Å². The van der Waals surface area contributed by atoms with Crippen molar-refractivity contribution in [3.05, 3.63) is 58.1 Å². The zero-order valence-electron chi connectivity index (χ0n) is 18.2. The molecule has 31 heavy (non-hydrogen) atoms. The zero-order chi connectivity index (χ0) is 23.0. The highest BCUT2D eigenvalue weighted by molar-refractivity contribution is 6.42. The molecule has 2 rings (SSSR count). The molecule has 0 saturated carbocycles. The highest BCUT2D eigenvalue weighted by Crippen LogP contribution is 2.24. The van der Waals surface area contributed by atoms with Gasteiger partial charge in [0.1, 0.15) is 17.5 Å². The van der Waals surface area contributed by atoms with E-state index in [1.165, 1.54) is 4.90 Å². The lowest BCUT2D eigenvalue weighted by molar-refractivity contribution is -0.142. The van der Waals surface area contributed by atoms with Crippen LogP contribution < -0.4 is 14.8 Å². The normalized spacial score (nSPS) is 11.7.